The first-order valence-electron chi connectivity index (χ1n) is 9.68. The molecule has 0 saturated heterocycles. The van der Waals surface area contributed by atoms with Crippen LogP contribution in [0, 0.1) is 42.0 Å². The predicted molar refractivity (Wildman–Crippen MR) is 135 cm³/mol. The van der Waals surface area contributed by atoms with Crippen molar-refractivity contribution >= 4 is 43.1 Å². The summed E-state index contributed by atoms with van der Waals surface area (Å²) >= 11 is 3.54. The summed E-state index contributed by atoms with van der Waals surface area (Å²) in [5.74, 6) is 0. The van der Waals surface area contributed by atoms with E-state index in [0.29, 0.717) is 0 Å². The third-order valence-corrected chi connectivity index (χ3v) is 6.76. The molecule has 0 N–H and O–H groups in total. The molecule has 0 saturated carbocycles. The van der Waals surface area contributed by atoms with Crippen molar-refractivity contribution in [3.05, 3.63) is 89.3 Å². The number of thiazole rings is 2. The number of aryl methyl sites for hydroxylation is 5. The second kappa shape index (κ2) is 10.9. The minimum absolute atomic E-state index is 0. The molecule has 157 valence electrons. The first kappa shape index (κ1) is 25.8. The van der Waals surface area contributed by atoms with E-state index in [4.69, 9.17) is 4.98 Å². The summed E-state index contributed by atoms with van der Waals surface area (Å²) in [5.41, 5.74) is 8.68. The van der Waals surface area contributed by atoms with Gasteiger partial charge in [0, 0.05) is 38.3 Å². The Morgan fingerprint density at radius 3 is 1.74 bits per heavy atom. The van der Waals surface area contributed by atoms with Crippen molar-refractivity contribution in [2.75, 3.05) is 0 Å². The van der Waals surface area contributed by atoms with Crippen molar-refractivity contribution in [2.24, 2.45) is 0 Å². The molecule has 0 fully saturated rings. The van der Waals surface area contributed by atoms with Crippen LogP contribution in [0.2, 0.25) is 0 Å². The molecule has 2 nitrogen and oxygen atoms in total. The van der Waals surface area contributed by atoms with E-state index < -0.39 is 0 Å². The zero-order chi connectivity index (χ0) is 20.5. The van der Waals surface area contributed by atoms with Gasteiger partial charge in [0.2, 0.25) is 0 Å². The molecule has 0 atom stereocenters. The van der Waals surface area contributed by atoms with E-state index >= 15 is 0 Å². The van der Waals surface area contributed by atoms with Crippen LogP contribution in [0.3, 0.4) is 0 Å². The molecule has 5 rings (SSSR count). The van der Waals surface area contributed by atoms with Crippen molar-refractivity contribution in [2.45, 2.75) is 34.6 Å². The van der Waals surface area contributed by atoms with Crippen LogP contribution < -0.4 is 0 Å². The second-order valence-corrected chi connectivity index (χ2v) is 9.74. The molecule has 5 heteroatoms. The first-order chi connectivity index (χ1) is 13.9. The summed E-state index contributed by atoms with van der Waals surface area (Å²) in [4.78, 5) is 9.21. The van der Waals surface area contributed by atoms with Gasteiger partial charge in [0.1, 0.15) is 5.01 Å². The molecular formula is C26H27N2S2Y-. The summed E-state index contributed by atoms with van der Waals surface area (Å²) < 4.78 is 2.59. The fourth-order valence-corrected chi connectivity index (χ4v) is 5.71. The van der Waals surface area contributed by atoms with E-state index in [1.807, 2.05) is 6.07 Å². The van der Waals surface area contributed by atoms with Gasteiger partial charge < -0.3 is 7.43 Å². The van der Waals surface area contributed by atoms with Gasteiger partial charge in [0.05, 0.1) is 25.4 Å². The SMILES string of the molecule is Cc1cc(C)c2nc(-c3ccccc3)sc2c1.Cc1cc(C)c2nc(C)sc2c1.[CH3-].[Y]. The van der Waals surface area contributed by atoms with Crippen molar-refractivity contribution in [1.29, 1.82) is 0 Å². The first-order valence-corrected chi connectivity index (χ1v) is 11.3. The number of hydrogen-bond donors (Lipinski definition) is 0. The molecule has 0 aliphatic heterocycles. The van der Waals surface area contributed by atoms with E-state index in [-0.39, 0.29) is 40.1 Å². The predicted octanol–water partition coefficient (Wildman–Crippen LogP) is 8.25. The third kappa shape index (κ3) is 5.87. The van der Waals surface area contributed by atoms with E-state index in [0.717, 1.165) is 15.5 Å². The largest absolute Gasteiger partial charge is 0.358 e. The molecule has 0 bridgehead atoms. The Labute approximate surface area is 218 Å². The van der Waals surface area contributed by atoms with Crippen LogP contribution in [0.25, 0.3) is 31.0 Å². The van der Waals surface area contributed by atoms with Crippen LogP contribution in [0.1, 0.15) is 27.3 Å². The molecule has 0 aliphatic carbocycles. The van der Waals surface area contributed by atoms with Crippen molar-refractivity contribution < 1.29 is 32.7 Å². The smallest absolute Gasteiger partial charge is 0.124 e. The molecule has 2 heterocycles. The molecular weight excluding hydrogens is 493 g/mol. The summed E-state index contributed by atoms with van der Waals surface area (Å²) in [6.45, 7) is 10.6. The van der Waals surface area contributed by atoms with Gasteiger partial charge in [-0.3, -0.25) is 0 Å². The minimum Gasteiger partial charge on any atom is -0.358 e. The van der Waals surface area contributed by atoms with E-state index in [9.17, 15) is 0 Å². The number of hydrogen-bond acceptors (Lipinski definition) is 4. The molecule has 0 spiro atoms. The Morgan fingerprint density at radius 2 is 1.16 bits per heavy atom. The summed E-state index contributed by atoms with van der Waals surface area (Å²) in [6, 6.07) is 19.2. The standard InChI is InChI=1S/C15H13NS.C10H11NS.CH3.Y/c1-10-8-11(2)14-13(9-10)17-15(16-14)12-6-4-3-5-7-12;1-6-4-7(2)10-9(5-6)12-8(3)11-10;;/h3-9H,1-2H3;4-5H,1-3H3;1H3;/q;;-1;. The van der Waals surface area contributed by atoms with Gasteiger partial charge in [0.15, 0.2) is 0 Å². The van der Waals surface area contributed by atoms with Crippen molar-refractivity contribution in [3.8, 4) is 10.6 Å². The van der Waals surface area contributed by atoms with Crippen LogP contribution in [0.5, 0.6) is 0 Å². The van der Waals surface area contributed by atoms with Gasteiger partial charge >= 0.3 is 0 Å². The summed E-state index contributed by atoms with van der Waals surface area (Å²) in [5, 5.41) is 2.26. The maximum atomic E-state index is 4.74. The zero-order valence-corrected chi connectivity index (χ0v) is 23.5. The number of fused-ring (bicyclic) bond motifs is 2. The average Bonchev–Trinajstić information content (AvgIpc) is 3.26. The summed E-state index contributed by atoms with van der Waals surface area (Å²) in [6.07, 6.45) is 0. The number of rotatable bonds is 1. The van der Waals surface area contributed by atoms with Crippen LogP contribution >= 0.6 is 22.7 Å². The Morgan fingerprint density at radius 1 is 0.645 bits per heavy atom. The zero-order valence-electron chi connectivity index (χ0n) is 19.0. The van der Waals surface area contributed by atoms with Crippen LogP contribution in [0.15, 0.2) is 54.6 Å². The van der Waals surface area contributed by atoms with Gasteiger partial charge in [-0.05, 0) is 69.0 Å². The van der Waals surface area contributed by atoms with Crippen molar-refractivity contribution in [3.63, 3.8) is 0 Å². The molecule has 5 aromatic rings. The minimum atomic E-state index is 0. The Hall–Kier alpha value is -1.46. The van der Waals surface area contributed by atoms with E-state index in [1.54, 1.807) is 22.7 Å². The number of benzene rings is 3. The molecule has 31 heavy (non-hydrogen) atoms. The Bertz CT molecular complexity index is 1300. The van der Waals surface area contributed by atoms with Crippen molar-refractivity contribution in [1.82, 2.24) is 9.97 Å². The van der Waals surface area contributed by atoms with E-state index in [1.165, 1.54) is 42.7 Å². The van der Waals surface area contributed by atoms with Gasteiger partial charge in [-0.1, -0.05) is 42.5 Å². The Balaban J connectivity index is 0.000000218. The van der Waals surface area contributed by atoms with Gasteiger partial charge in [0.25, 0.3) is 0 Å². The Kier molecular flexibility index (Phi) is 9.08. The molecule has 1 radical (unpaired) electrons. The summed E-state index contributed by atoms with van der Waals surface area (Å²) in [7, 11) is 0. The molecule has 0 aliphatic rings. The van der Waals surface area contributed by atoms with Gasteiger partial charge in [-0.15, -0.1) is 22.7 Å². The molecule has 3 aromatic carbocycles. The van der Waals surface area contributed by atoms with Crippen LogP contribution in [0.4, 0.5) is 0 Å². The van der Waals surface area contributed by atoms with Crippen LogP contribution in [-0.4, -0.2) is 9.97 Å². The fraction of sp³-hybridized carbons (Fsp3) is 0.192. The topological polar surface area (TPSA) is 25.8 Å². The third-order valence-electron chi connectivity index (χ3n) is 4.79. The molecule has 0 amide bonds. The van der Waals surface area contributed by atoms with E-state index in [2.05, 4.69) is 88.1 Å². The quantitative estimate of drug-likeness (QED) is 0.208. The number of aromatic nitrogens is 2. The molecule has 0 unspecified atom stereocenters. The van der Waals surface area contributed by atoms with Gasteiger partial charge in [-0.25, -0.2) is 9.97 Å². The average molecular weight is 521 g/mol. The molecule has 2 aromatic heterocycles. The fourth-order valence-electron chi connectivity index (χ4n) is 3.56. The number of nitrogens with zero attached hydrogens (tertiary/aromatic N) is 2. The maximum absolute atomic E-state index is 4.74. The monoisotopic (exact) mass is 520 g/mol. The normalized spacial score (nSPS) is 10.2. The van der Waals surface area contributed by atoms with Gasteiger partial charge in [-0.2, -0.15) is 0 Å². The second-order valence-electron chi connectivity index (χ2n) is 7.48. The van der Waals surface area contributed by atoms with Crippen LogP contribution in [-0.2, 0) is 32.7 Å². The maximum Gasteiger partial charge on any atom is 0.124 e.